The number of hydrogen-bond acceptors (Lipinski definition) is 4. The molecule has 0 spiro atoms. The predicted molar refractivity (Wildman–Crippen MR) is 96.8 cm³/mol. The van der Waals surface area contributed by atoms with Crippen molar-refractivity contribution >= 4 is 18.1 Å². The van der Waals surface area contributed by atoms with Crippen molar-refractivity contribution in [1.29, 1.82) is 0 Å². The highest BCUT2D eigenvalue weighted by molar-refractivity contribution is 5.91. The molecule has 0 unspecified atom stereocenters. The van der Waals surface area contributed by atoms with E-state index < -0.39 is 5.60 Å². The lowest BCUT2D eigenvalue weighted by Gasteiger charge is -2.33. The molecule has 1 saturated heterocycles. The Hall–Kier alpha value is -2.37. The van der Waals surface area contributed by atoms with Gasteiger partial charge in [0.15, 0.2) is 0 Å². The van der Waals surface area contributed by atoms with Crippen molar-refractivity contribution in [3.8, 4) is 0 Å². The minimum atomic E-state index is -0.470. The Balaban J connectivity index is 1.69. The Morgan fingerprint density at radius 2 is 2.04 bits per heavy atom. The number of nitrogens with one attached hydrogen (secondary N) is 1. The Bertz CT molecular complexity index is 600. The molecule has 2 rings (SSSR count). The Morgan fingerprint density at radius 3 is 2.64 bits per heavy atom. The van der Waals surface area contributed by atoms with Gasteiger partial charge in [-0.3, -0.25) is 9.78 Å². The second kappa shape index (κ2) is 8.65. The van der Waals surface area contributed by atoms with Crippen molar-refractivity contribution in [2.45, 2.75) is 39.2 Å². The smallest absolute Gasteiger partial charge is 0.410 e. The number of ether oxygens (including phenoxy) is 1. The van der Waals surface area contributed by atoms with Crippen molar-refractivity contribution in [3.63, 3.8) is 0 Å². The fourth-order valence-electron chi connectivity index (χ4n) is 2.59. The van der Waals surface area contributed by atoms with E-state index in [4.69, 9.17) is 4.74 Å². The second-order valence-corrected chi connectivity index (χ2v) is 7.24. The number of hydrogen-bond donors (Lipinski definition) is 1. The quantitative estimate of drug-likeness (QED) is 0.852. The largest absolute Gasteiger partial charge is 0.444 e. The molecule has 0 aromatic carbocycles. The molecule has 1 fully saturated rings. The summed E-state index contributed by atoms with van der Waals surface area (Å²) in [6.07, 6.45) is 6.36. The van der Waals surface area contributed by atoms with Crippen molar-refractivity contribution in [2.75, 3.05) is 19.6 Å². The van der Waals surface area contributed by atoms with E-state index in [-0.39, 0.29) is 12.0 Å². The maximum absolute atomic E-state index is 12.0. The van der Waals surface area contributed by atoms with Gasteiger partial charge in [0.1, 0.15) is 5.60 Å². The van der Waals surface area contributed by atoms with Gasteiger partial charge in [-0.1, -0.05) is 6.07 Å². The van der Waals surface area contributed by atoms with E-state index in [1.54, 1.807) is 17.2 Å². The van der Waals surface area contributed by atoms with Crippen LogP contribution in [-0.4, -0.2) is 47.1 Å². The van der Waals surface area contributed by atoms with Crippen LogP contribution in [0.1, 0.15) is 39.3 Å². The topological polar surface area (TPSA) is 71.5 Å². The van der Waals surface area contributed by atoms with Crippen LogP contribution < -0.4 is 5.32 Å². The maximum Gasteiger partial charge on any atom is 0.410 e. The minimum absolute atomic E-state index is 0.125. The number of likely N-dealkylation sites (tertiary alicyclic amines) is 1. The predicted octanol–water partition coefficient (Wildman–Crippen LogP) is 2.86. The van der Waals surface area contributed by atoms with Gasteiger partial charge in [-0.05, 0) is 57.7 Å². The van der Waals surface area contributed by atoms with E-state index in [1.165, 1.54) is 6.08 Å². The van der Waals surface area contributed by atoms with E-state index >= 15 is 0 Å². The molecule has 1 aliphatic rings. The van der Waals surface area contributed by atoms with Crippen LogP contribution in [0.5, 0.6) is 0 Å². The Labute approximate surface area is 149 Å². The van der Waals surface area contributed by atoms with E-state index in [0.717, 1.165) is 18.5 Å². The highest BCUT2D eigenvalue weighted by atomic mass is 16.6. The van der Waals surface area contributed by atoms with Crippen molar-refractivity contribution in [2.24, 2.45) is 5.92 Å². The van der Waals surface area contributed by atoms with Gasteiger partial charge in [0.2, 0.25) is 5.91 Å². The lowest BCUT2D eigenvalue weighted by molar-refractivity contribution is -0.116. The zero-order chi connectivity index (χ0) is 18.3. The molecule has 25 heavy (non-hydrogen) atoms. The average Bonchev–Trinajstić information content (AvgIpc) is 2.58. The molecule has 0 atom stereocenters. The molecule has 1 aliphatic heterocycles. The summed E-state index contributed by atoms with van der Waals surface area (Å²) in [4.78, 5) is 29.8. The zero-order valence-electron chi connectivity index (χ0n) is 15.2. The molecule has 2 amide bonds. The summed E-state index contributed by atoms with van der Waals surface area (Å²) in [7, 11) is 0. The van der Waals surface area contributed by atoms with Gasteiger partial charge in [-0.2, -0.15) is 0 Å². The molecule has 2 heterocycles. The number of pyridine rings is 1. The maximum atomic E-state index is 12.0. The van der Waals surface area contributed by atoms with Crippen LogP contribution in [0.15, 0.2) is 30.5 Å². The average molecular weight is 345 g/mol. The van der Waals surface area contributed by atoms with Crippen molar-refractivity contribution < 1.29 is 14.3 Å². The number of aromatic nitrogens is 1. The monoisotopic (exact) mass is 345 g/mol. The molecule has 0 radical (unpaired) electrons. The number of carbonyl (C=O) groups excluding carboxylic acids is 2. The Kier molecular flexibility index (Phi) is 6.56. The molecule has 1 aromatic rings. The number of piperidine rings is 1. The molecule has 1 aromatic heterocycles. The molecular weight excluding hydrogens is 318 g/mol. The van der Waals surface area contributed by atoms with Gasteiger partial charge in [0.05, 0.1) is 5.69 Å². The molecule has 136 valence electrons. The lowest BCUT2D eigenvalue weighted by atomic mass is 9.97. The van der Waals surface area contributed by atoms with Crippen LogP contribution in [0.2, 0.25) is 0 Å². The first kappa shape index (κ1) is 19.0. The van der Waals surface area contributed by atoms with Gasteiger partial charge in [0, 0.05) is 31.9 Å². The number of nitrogens with zero attached hydrogens (tertiary/aromatic N) is 2. The summed E-state index contributed by atoms with van der Waals surface area (Å²) >= 11 is 0. The van der Waals surface area contributed by atoms with Crippen LogP contribution in [0, 0.1) is 5.92 Å². The van der Waals surface area contributed by atoms with Gasteiger partial charge in [-0.15, -0.1) is 0 Å². The first-order chi connectivity index (χ1) is 11.8. The summed E-state index contributed by atoms with van der Waals surface area (Å²) in [5.74, 6) is 0.256. The second-order valence-electron chi connectivity index (χ2n) is 7.24. The van der Waals surface area contributed by atoms with Crippen LogP contribution >= 0.6 is 0 Å². The molecule has 6 heteroatoms. The molecule has 1 N–H and O–H groups in total. The number of amides is 2. The van der Waals surface area contributed by atoms with Crippen LogP contribution in [-0.2, 0) is 9.53 Å². The third-order valence-electron chi connectivity index (χ3n) is 3.92. The van der Waals surface area contributed by atoms with Gasteiger partial charge < -0.3 is 15.0 Å². The summed E-state index contributed by atoms with van der Waals surface area (Å²) in [6, 6.07) is 5.56. The Morgan fingerprint density at radius 1 is 1.32 bits per heavy atom. The standard InChI is InChI=1S/C19H27N3O3/c1-19(2,3)25-18(24)22-12-9-15(10-13-22)14-21-17(23)8-7-16-6-4-5-11-20-16/h4-8,11,15H,9-10,12-14H2,1-3H3,(H,21,23)/b8-7+. The fourth-order valence-corrected chi connectivity index (χ4v) is 2.59. The van der Waals surface area contributed by atoms with Crippen molar-refractivity contribution in [1.82, 2.24) is 15.2 Å². The van der Waals surface area contributed by atoms with Gasteiger partial charge >= 0.3 is 6.09 Å². The molecular formula is C19H27N3O3. The highest BCUT2D eigenvalue weighted by Crippen LogP contribution is 2.19. The molecule has 0 aliphatic carbocycles. The zero-order valence-corrected chi connectivity index (χ0v) is 15.2. The molecule has 6 nitrogen and oxygen atoms in total. The number of rotatable bonds is 4. The van der Waals surface area contributed by atoms with Crippen LogP contribution in [0.4, 0.5) is 4.79 Å². The van der Waals surface area contributed by atoms with E-state index in [9.17, 15) is 9.59 Å². The fraction of sp³-hybridized carbons (Fsp3) is 0.526. The third-order valence-corrected chi connectivity index (χ3v) is 3.92. The molecule has 0 bridgehead atoms. The summed E-state index contributed by atoms with van der Waals surface area (Å²) in [5, 5.41) is 2.92. The SMILES string of the molecule is CC(C)(C)OC(=O)N1CCC(CNC(=O)/C=C/c2ccccn2)CC1. The van der Waals surface area contributed by atoms with Gasteiger partial charge in [0.25, 0.3) is 0 Å². The summed E-state index contributed by atoms with van der Waals surface area (Å²) in [6.45, 7) is 7.55. The van der Waals surface area contributed by atoms with E-state index in [2.05, 4.69) is 10.3 Å². The number of carbonyl (C=O) groups is 2. The first-order valence-corrected chi connectivity index (χ1v) is 8.68. The first-order valence-electron chi connectivity index (χ1n) is 8.68. The minimum Gasteiger partial charge on any atom is -0.444 e. The third kappa shape index (κ3) is 6.95. The van der Waals surface area contributed by atoms with E-state index in [1.807, 2.05) is 39.0 Å². The van der Waals surface area contributed by atoms with Gasteiger partial charge in [-0.25, -0.2) is 4.79 Å². The summed E-state index contributed by atoms with van der Waals surface area (Å²) < 4.78 is 5.39. The lowest BCUT2D eigenvalue weighted by Crippen LogP contribution is -2.43. The van der Waals surface area contributed by atoms with Crippen LogP contribution in [0.25, 0.3) is 6.08 Å². The summed E-state index contributed by atoms with van der Waals surface area (Å²) in [5.41, 5.74) is 0.283. The normalized spacial score (nSPS) is 16.0. The molecule has 0 saturated carbocycles. The highest BCUT2D eigenvalue weighted by Gasteiger charge is 2.26. The van der Waals surface area contributed by atoms with Crippen molar-refractivity contribution in [3.05, 3.63) is 36.2 Å². The van der Waals surface area contributed by atoms with Crippen LogP contribution in [0.3, 0.4) is 0 Å². The van der Waals surface area contributed by atoms with E-state index in [0.29, 0.717) is 25.6 Å².